The van der Waals surface area contributed by atoms with E-state index in [0.29, 0.717) is 6.42 Å². The molecule has 7 nitrogen and oxygen atoms in total. The fourth-order valence-electron chi connectivity index (χ4n) is 2.21. The monoisotopic (exact) mass is 285 g/mol. The Morgan fingerprint density at radius 3 is 2.30 bits per heavy atom. The molecular formula is C13H23N3O4. The van der Waals surface area contributed by atoms with E-state index in [4.69, 9.17) is 5.11 Å². The number of amides is 3. The first kappa shape index (κ1) is 16.3. The van der Waals surface area contributed by atoms with E-state index < -0.39 is 24.1 Å². The minimum atomic E-state index is -0.960. The Balaban J connectivity index is 2.39. The smallest absolute Gasteiger partial charge is 0.315 e. The third-order valence-electron chi connectivity index (χ3n) is 3.38. The van der Waals surface area contributed by atoms with Gasteiger partial charge in [0.25, 0.3) is 0 Å². The van der Waals surface area contributed by atoms with Gasteiger partial charge in [-0.1, -0.05) is 6.92 Å². The zero-order valence-electron chi connectivity index (χ0n) is 12.0. The van der Waals surface area contributed by atoms with E-state index in [1.54, 1.807) is 18.7 Å². The van der Waals surface area contributed by atoms with Crippen LogP contribution in [0, 0.1) is 0 Å². The number of hydrogen-bond acceptors (Lipinski definition) is 3. The van der Waals surface area contributed by atoms with Crippen molar-refractivity contribution in [3.63, 3.8) is 0 Å². The van der Waals surface area contributed by atoms with Crippen molar-refractivity contribution < 1.29 is 19.5 Å². The molecule has 1 aliphatic rings. The fraction of sp³-hybridized carbons (Fsp3) is 0.769. The zero-order valence-corrected chi connectivity index (χ0v) is 12.0. The molecule has 0 aliphatic carbocycles. The Bertz CT molecular complexity index is 367. The van der Waals surface area contributed by atoms with Gasteiger partial charge in [-0.3, -0.25) is 9.59 Å². The van der Waals surface area contributed by atoms with Crippen LogP contribution in [0.25, 0.3) is 0 Å². The number of carbonyl (C=O) groups excluding carboxylic acids is 2. The lowest BCUT2D eigenvalue weighted by atomic mass is 10.1. The standard InChI is InChI=1S/C13H23N3O4/c1-3-10(8-11(17)18)15-13(20)14-9(2)12(19)16-6-4-5-7-16/h9-10H,3-8H2,1-2H3,(H,17,18)(H2,14,15,20). The quantitative estimate of drug-likeness (QED) is 0.663. The third-order valence-corrected chi connectivity index (χ3v) is 3.38. The summed E-state index contributed by atoms with van der Waals surface area (Å²) in [7, 11) is 0. The summed E-state index contributed by atoms with van der Waals surface area (Å²) in [6.07, 6.45) is 2.40. The van der Waals surface area contributed by atoms with E-state index in [0.717, 1.165) is 25.9 Å². The van der Waals surface area contributed by atoms with Crippen LogP contribution in [-0.4, -0.2) is 53.1 Å². The Kier molecular flexibility index (Phi) is 6.27. The van der Waals surface area contributed by atoms with Crippen molar-refractivity contribution in [1.82, 2.24) is 15.5 Å². The van der Waals surface area contributed by atoms with E-state index >= 15 is 0 Å². The van der Waals surface area contributed by atoms with Crippen LogP contribution >= 0.6 is 0 Å². The first-order valence-electron chi connectivity index (χ1n) is 7.01. The Morgan fingerprint density at radius 1 is 1.20 bits per heavy atom. The van der Waals surface area contributed by atoms with Gasteiger partial charge in [-0.15, -0.1) is 0 Å². The van der Waals surface area contributed by atoms with Gasteiger partial charge in [-0.05, 0) is 26.2 Å². The number of carbonyl (C=O) groups is 3. The maximum atomic E-state index is 12.0. The number of nitrogens with one attached hydrogen (secondary N) is 2. The number of carboxylic acids is 1. The molecule has 3 amide bonds. The molecule has 0 aromatic rings. The average Bonchev–Trinajstić information content (AvgIpc) is 2.89. The van der Waals surface area contributed by atoms with Gasteiger partial charge in [0.2, 0.25) is 5.91 Å². The van der Waals surface area contributed by atoms with Crippen molar-refractivity contribution >= 4 is 17.9 Å². The average molecular weight is 285 g/mol. The van der Waals surface area contributed by atoms with E-state index in [9.17, 15) is 14.4 Å². The highest BCUT2D eigenvalue weighted by Crippen LogP contribution is 2.08. The predicted octanol–water partition coefficient (Wildman–Crippen LogP) is 0.550. The Hall–Kier alpha value is -1.79. The van der Waals surface area contributed by atoms with Gasteiger partial charge in [-0.2, -0.15) is 0 Å². The van der Waals surface area contributed by atoms with Crippen molar-refractivity contribution in [2.75, 3.05) is 13.1 Å². The summed E-state index contributed by atoms with van der Waals surface area (Å²) < 4.78 is 0. The molecule has 0 aromatic carbocycles. The summed E-state index contributed by atoms with van der Waals surface area (Å²) in [5, 5.41) is 13.8. The lowest BCUT2D eigenvalue weighted by Gasteiger charge is -2.22. The van der Waals surface area contributed by atoms with Crippen molar-refractivity contribution in [2.24, 2.45) is 0 Å². The van der Waals surface area contributed by atoms with Gasteiger partial charge >= 0.3 is 12.0 Å². The van der Waals surface area contributed by atoms with Crippen molar-refractivity contribution in [3.8, 4) is 0 Å². The summed E-state index contributed by atoms with van der Waals surface area (Å²) >= 11 is 0. The van der Waals surface area contributed by atoms with Gasteiger partial charge in [0.1, 0.15) is 6.04 Å². The first-order chi connectivity index (χ1) is 9.43. The Morgan fingerprint density at radius 2 is 1.80 bits per heavy atom. The molecule has 114 valence electrons. The molecule has 2 atom stereocenters. The van der Waals surface area contributed by atoms with Crippen LogP contribution in [-0.2, 0) is 9.59 Å². The number of likely N-dealkylation sites (tertiary alicyclic amines) is 1. The summed E-state index contributed by atoms with van der Waals surface area (Å²) in [5.41, 5.74) is 0. The van der Waals surface area contributed by atoms with E-state index in [2.05, 4.69) is 10.6 Å². The van der Waals surface area contributed by atoms with Gasteiger partial charge < -0.3 is 20.6 Å². The normalized spacial score (nSPS) is 17.4. The molecule has 2 unspecified atom stereocenters. The zero-order chi connectivity index (χ0) is 15.1. The van der Waals surface area contributed by atoms with Gasteiger partial charge in [-0.25, -0.2) is 4.79 Å². The van der Waals surface area contributed by atoms with Crippen molar-refractivity contribution in [1.29, 1.82) is 0 Å². The molecule has 0 aromatic heterocycles. The first-order valence-corrected chi connectivity index (χ1v) is 7.01. The van der Waals surface area contributed by atoms with Gasteiger partial charge in [0.15, 0.2) is 0 Å². The molecule has 1 fully saturated rings. The summed E-state index contributed by atoms with van der Waals surface area (Å²) in [6, 6.07) is -1.53. The maximum absolute atomic E-state index is 12.0. The van der Waals surface area contributed by atoms with Gasteiger partial charge in [0.05, 0.1) is 6.42 Å². The predicted molar refractivity (Wildman–Crippen MR) is 73.3 cm³/mol. The van der Waals surface area contributed by atoms with Crippen molar-refractivity contribution in [2.45, 2.75) is 51.6 Å². The number of carboxylic acid groups (broad SMARTS) is 1. The number of urea groups is 1. The number of aliphatic carboxylic acids is 1. The van der Waals surface area contributed by atoms with Crippen molar-refractivity contribution in [3.05, 3.63) is 0 Å². The highest BCUT2D eigenvalue weighted by Gasteiger charge is 2.25. The summed E-state index contributed by atoms with van der Waals surface area (Å²) in [5.74, 6) is -1.05. The van der Waals surface area contributed by atoms with Crippen LogP contribution < -0.4 is 10.6 Å². The molecule has 0 spiro atoms. The highest BCUT2D eigenvalue weighted by atomic mass is 16.4. The fourth-order valence-corrected chi connectivity index (χ4v) is 2.21. The minimum Gasteiger partial charge on any atom is -0.481 e. The second-order valence-corrected chi connectivity index (χ2v) is 5.07. The minimum absolute atomic E-state index is 0.0936. The van der Waals surface area contributed by atoms with Crippen LogP contribution in [0.1, 0.15) is 39.5 Å². The molecule has 1 rings (SSSR count). The molecule has 1 heterocycles. The molecule has 20 heavy (non-hydrogen) atoms. The molecule has 1 aliphatic heterocycles. The molecular weight excluding hydrogens is 262 g/mol. The molecule has 0 radical (unpaired) electrons. The molecule has 3 N–H and O–H groups in total. The molecule has 7 heteroatoms. The third kappa shape index (κ3) is 5.07. The van der Waals surface area contributed by atoms with Gasteiger partial charge in [0, 0.05) is 19.1 Å². The highest BCUT2D eigenvalue weighted by molar-refractivity contribution is 5.87. The Labute approximate surface area is 118 Å². The number of nitrogens with zero attached hydrogens (tertiary/aromatic N) is 1. The van der Waals surface area contributed by atoms with Crippen LogP contribution in [0.5, 0.6) is 0 Å². The lowest BCUT2D eigenvalue weighted by molar-refractivity contribution is -0.137. The summed E-state index contributed by atoms with van der Waals surface area (Å²) in [4.78, 5) is 36.1. The molecule has 0 saturated carbocycles. The summed E-state index contributed by atoms with van der Waals surface area (Å²) in [6.45, 7) is 4.91. The van der Waals surface area contributed by atoms with Crippen LogP contribution in [0.15, 0.2) is 0 Å². The maximum Gasteiger partial charge on any atom is 0.315 e. The van der Waals surface area contributed by atoms with E-state index in [1.165, 1.54) is 0 Å². The van der Waals surface area contributed by atoms with Crippen LogP contribution in [0.2, 0.25) is 0 Å². The number of rotatable bonds is 6. The number of hydrogen-bond donors (Lipinski definition) is 3. The van der Waals surface area contributed by atoms with Crippen LogP contribution in [0.4, 0.5) is 4.79 Å². The second kappa shape index (κ2) is 7.72. The molecule has 0 bridgehead atoms. The van der Waals surface area contributed by atoms with Crippen LogP contribution in [0.3, 0.4) is 0 Å². The second-order valence-electron chi connectivity index (χ2n) is 5.07. The van der Waals surface area contributed by atoms with E-state index in [-0.39, 0.29) is 12.3 Å². The lowest BCUT2D eigenvalue weighted by Crippen LogP contribution is -2.51. The largest absolute Gasteiger partial charge is 0.481 e. The molecule has 1 saturated heterocycles. The SMILES string of the molecule is CCC(CC(=O)O)NC(=O)NC(C)C(=O)N1CCCC1. The van der Waals surface area contributed by atoms with E-state index in [1.807, 2.05) is 0 Å². The topological polar surface area (TPSA) is 98.7 Å².